The Hall–Kier alpha value is -1.22. The van der Waals surface area contributed by atoms with Crippen LogP contribution in [0.4, 0.5) is 11.4 Å². The van der Waals surface area contributed by atoms with Gasteiger partial charge >= 0.3 is 0 Å². The highest BCUT2D eigenvalue weighted by atomic mass is 15.4. The largest absolute Gasteiger partial charge is 0.365 e. The highest BCUT2D eigenvalue weighted by Crippen LogP contribution is 2.57. The summed E-state index contributed by atoms with van der Waals surface area (Å²) in [6.45, 7) is 3.60. The highest BCUT2D eigenvalue weighted by Gasteiger charge is 2.55. The minimum absolute atomic E-state index is 0.464. The number of hydrogen-bond donors (Lipinski definition) is 1. The first kappa shape index (κ1) is 10.6. The minimum atomic E-state index is 0.464. The van der Waals surface area contributed by atoms with Crippen molar-refractivity contribution in [2.24, 2.45) is 0 Å². The van der Waals surface area contributed by atoms with Gasteiger partial charge in [-0.05, 0) is 37.4 Å². The third-order valence-electron chi connectivity index (χ3n) is 5.94. The summed E-state index contributed by atoms with van der Waals surface area (Å²) >= 11 is 0. The van der Waals surface area contributed by atoms with Crippen LogP contribution >= 0.6 is 0 Å². The number of rotatable bonds is 0. The average Bonchev–Trinajstić information content (AvgIpc) is 3.16. The molecule has 1 aromatic rings. The zero-order valence-electron chi connectivity index (χ0n) is 11.5. The maximum absolute atomic E-state index is 3.59. The van der Waals surface area contributed by atoms with Crippen LogP contribution in [-0.4, -0.2) is 38.3 Å². The Morgan fingerprint density at radius 1 is 1.32 bits per heavy atom. The Morgan fingerprint density at radius 2 is 2.21 bits per heavy atom. The molecule has 2 atom stereocenters. The van der Waals surface area contributed by atoms with E-state index >= 15 is 0 Å². The molecule has 0 radical (unpaired) electrons. The van der Waals surface area contributed by atoms with Crippen molar-refractivity contribution >= 4 is 11.4 Å². The fourth-order valence-electron chi connectivity index (χ4n) is 4.65. The lowest BCUT2D eigenvalue weighted by atomic mass is 9.90. The molecule has 0 amide bonds. The van der Waals surface area contributed by atoms with Gasteiger partial charge in [-0.3, -0.25) is 0 Å². The summed E-state index contributed by atoms with van der Waals surface area (Å²) in [5, 5.41) is 3.59. The van der Waals surface area contributed by atoms with Crippen LogP contribution in [0.15, 0.2) is 18.2 Å². The first-order chi connectivity index (χ1) is 9.30. The van der Waals surface area contributed by atoms with Gasteiger partial charge in [0.15, 0.2) is 0 Å². The molecule has 0 bridgehead atoms. The van der Waals surface area contributed by atoms with E-state index in [4.69, 9.17) is 0 Å². The van der Waals surface area contributed by atoms with Gasteiger partial charge in [0, 0.05) is 32.1 Å². The van der Waals surface area contributed by atoms with E-state index in [0.29, 0.717) is 11.5 Å². The monoisotopic (exact) mass is 255 g/mol. The zero-order valence-corrected chi connectivity index (χ0v) is 11.5. The van der Waals surface area contributed by atoms with Gasteiger partial charge in [-0.15, -0.1) is 0 Å². The molecular formula is C16H21N3. The van der Waals surface area contributed by atoms with Gasteiger partial charge in [-0.1, -0.05) is 12.1 Å². The number of para-hydroxylation sites is 1. The van der Waals surface area contributed by atoms with E-state index in [0.717, 1.165) is 12.6 Å². The fourth-order valence-corrected chi connectivity index (χ4v) is 4.65. The smallest absolute Gasteiger partial charge is 0.0644 e. The van der Waals surface area contributed by atoms with Crippen LogP contribution in [0.25, 0.3) is 0 Å². The molecule has 1 aliphatic carbocycles. The van der Waals surface area contributed by atoms with Crippen LogP contribution in [0.1, 0.15) is 30.7 Å². The number of nitrogens with one attached hydrogen (secondary N) is 1. The number of piperidine rings is 1. The Balaban J connectivity index is 1.71. The van der Waals surface area contributed by atoms with Crippen molar-refractivity contribution < 1.29 is 0 Å². The molecule has 1 saturated heterocycles. The van der Waals surface area contributed by atoms with E-state index in [9.17, 15) is 0 Å². The van der Waals surface area contributed by atoms with Crippen molar-refractivity contribution in [1.29, 1.82) is 0 Å². The normalized spacial score (nSPS) is 33.3. The van der Waals surface area contributed by atoms with Crippen molar-refractivity contribution in [3.63, 3.8) is 0 Å². The molecule has 1 N–H and O–H groups in total. The second-order valence-electron chi connectivity index (χ2n) is 6.79. The van der Waals surface area contributed by atoms with Gasteiger partial charge in [0.2, 0.25) is 0 Å². The topological polar surface area (TPSA) is 18.5 Å². The van der Waals surface area contributed by atoms with E-state index in [1.54, 1.807) is 11.3 Å². The summed E-state index contributed by atoms with van der Waals surface area (Å²) in [6.07, 6.45) is 4.05. The quantitative estimate of drug-likeness (QED) is 0.764. The number of anilines is 2. The highest BCUT2D eigenvalue weighted by molar-refractivity contribution is 5.82. The van der Waals surface area contributed by atoms with E-state index < -0.39 is 0 Å². The molecule has 100 valence electrons. The number of fused-ring (bicyclic) bond motifs is 3. The molecule has 3 nitrogen and oxygen atoms in total. The first-order valence-electron chi connectivity index (χ1n) is 7.64. The fraction of sp³-hybridized carbons (Fsp3) is 0.625. The van der Waals surface area contributed by atoms with Crippen molar-refractivity contribution in [3.8, 4) is 0 Å². The summed E-state index contributed by atoms with van der Waals surface area (Å²) in [6, 6.07) is 7.71. The van der Waals surface area contributed by atoms with Gasteiger partial charge in [-0.25, -0.2) is 0 Å². The Labute approximate surface area is 114 Å². The lowest BCUT2D eigenvalue weighted by Crippen LogP contribution is -2.53. The zero-order chi connectivity index (χ0) is 12.6. The van der Waals surface area contributed by atoms with E-state index in [-0.39, 0.29) is 0 Å². The molecule has 1 saturated carbocycles. The lowest BCUT2D eigenvalue weighted by molar-refractivity contribution is 0.390. The SMILES string of the molecule is CN1c2cccc3c2N(CC12CC2)[C@H]1CCNC[C@@H]31. The molecule has 1 spiro atoms. The minimum Gasteiger partial charge on any atom is -0.365 e. The van der Waals surface area contributed by atoms with Gasteiger partial charge in [-0.2, -0.15) is 0 Å². The van der Waals surface area contributed by atoms with Crippen LogP contribution in [0.2, 0.25) is 0 Å². The molecule has 5 rings (SSSR count). The molecule has 1 aromatic carbocycles. The molecule has 19 heavy (non-hydrogen) atoms. The Morgan fingerprint density at radius 3 is 3.05 bits per heavy atom. The van der Waals surface area contributed by atoms with Gasteiger partial charge in [0.25, 0.3) is 0 Å². The number of likely N-dealkylation sites (N-methyl/N-ethyl adjacent to an activating group) is 1. The third-order valence-corrected chi connectivity index (χ3v) is 5.94. The van der Waals surface area contributed by atoms with Gasteiger partial charge in [0.05, 0.1) is 16.9 Å². The summed E-state index contributed by atoms with van der Waals surface area (Å²) in [5.74, 6) is 0.714. The summed E-state index contributed by atoms with van der Waals surface area (Å²) < 4.78 is 0. The van der Waals surface area contributed by atoms with E-state index in [2.05, 4.69) is 40.4 Å². The molecule has 3 heterocycles. The second kappa shape index (κ2) is 3.26. The first-order valence-corrected chi connectivity index (χ1v) is 7.64. The van der Waals surface area contributed by atoms with Gasteiger partial charge < -0.3 is 15.1 Å². The number of hydrogen-bond acceptors (Lipinski definition) is 3. The molecule has 0 unspecified atom stereocenters. The summed E-state index contributed by atoms with van der Waals surface area (Å²) in [5.41, 5.74) is 5.10. The number of nitrogens with zero attached hydrogens (tertiary/aromatic N) is 2. The maximum atomic E-state index is 3.59. The van der Waals surface area contributed by atoms with Crippen LogP contribution in [0.5, 0.6) is 0 Å². The van der Waals surface area contributed by atoms with Crippen molar-refractivity contribution in [1.82, 2.24) is 5.32 Å². The molecular weight excluding hydrogens is 234 g/mol. The van der Waals surface area contributed by atoms with Gasteiger partial charge in [0.1, 0.15) is 0 Å². The standard InChI is InChI=1S/C16H21N3/c1-18-14-4-2-3-11-12-9-17-8-5-13(12)19(15(11)14)10-16(18)6-7-16/h2-4,12-13,17H,5-10H2,1H3/t12-,13-/m0/s1. The average molecular weight is 255 g/mol. The maximum Gasteiger partial charge on any atom is 0.0644 e. The Kier molecular flexibility index (Phi) is 1.81. The van der Waals surface area contributed by atoms with Crippen LogP contribution in [0.3, 0.4) is 0 Å². The Bertz CT molecular complexity index is 549. The second-order valence-corrected chi connectivity index (χ2v) is 6.79. The summed E-state index contributed by atoms with van der Waals surface area (Å²) in [4.78, 5) is 5.34. The van der Waals surface area contributed by atoms with E-state index in [1.165, 1.54) is 38.0 Å². The van der Waals surface area contributed by atoms with Crippen LogP contribution in [0, 0.1) is 0 Å². The molecule has 3 heteroatoms. The molecule has 0 aromatic heterocycles. The predicted octanol–water partition coefficient (Wildman–Crippen LogP) is 1.93. The van der Waals surface area contributed by atoms with Crippen molar-refractivity contribution in [3.05, 3.63) is 23.8 Å². The van der Waals surface area contributed by atoms with Crippen LogP contribution < -0.4 is 15.1 Å². The van der Waals surface area contributed by atoms with Crippen molar-refractivity contribution in [2.45, 2.75) is 36.8 Å². The molecule has 3 aliphatic heterocycles. The third kappa shape index (κ3) is 1.18. The van der Waals surface area contributed by atoms with E-state index in [1.807, 2.05) is 0 Å². The van der Waals surface area contributed by atoms with Crippen molar-refractivity contribution in [2.75, 3.05) is 36.5 Å². The molecule has 4 aliphatic rings. The lowest BCUT2D eigenvalue weighted by Gasteiger charge is -2.45. The number of benzene rings is 1. The predicted molar refractivity (Wildman–Crippen MR) is 78.2 cm³/mol. The summed E-state index contributed by atoms with van der Waals surface area (Å²) in [7, 11) is 2.31. The van der Waals surface area contributed by atoms with Crippen LogP contribution in [-0.2, 0) is 0 Å². The molecule has 2 fully saturated rings.